The normalized spacial score (nSPS) is 14.3. The summed E-state index contributed by atoms with van der Waals surface area (Å²) in [4.78, 5) is 4.47. The molecule has 0 aliphatic heterocycles. The van der Waals surface area contributed by atoms with Gasteiger partial charge in [0, 0.05) is 5.92 Å². The van der Waals surface area contributed by atoms with E-state index >= 15 is 0 Å². The molecule has 0 saturated carbocycles. The second kappa shape index (κ2) is 4.96. The Labute approximate surface area is 92.2 Å². The summed E-state index contributed by atoms with van der Waals surface area (Å²) in [6, 6.07) is 8.57. The van der Waals surface area contributed by atoms with Crippen molar-refractivity contribution < 1.29 is 0 Å². The van der Waals surface area contributed by atoms with Crippen LogP contribution < -0.4 is 5.73 Å². The van der Waals surface area contributed by atoms with Gasteiger partial charge in [-0.05, 0) is 19.4 Å². The topological polar surface area (TPSA) is 38.4 Å². The van der Waals surface area contributed by atoms with Gasteiger partial charge in [-0.3, -0.25) is 4.99 Å². The van der Waals surface area contributed by atoms with Gasteiger partial charge in [-0.2, -0.15) is 0 Å². The van der Waals surface area contributed by atoms with Crippen LogP contribution in [0.1, 0.15) is 37.9 Å². The minimum atomic E-state index is 0.146. The van der Waals surface area contributed by atoms with Crippen molar-refractivity contribution in [3.8, 4) is 0 Å². The lowest BCUT2D eigenvalue weighted by Crippen LogP contribution is -2.19. The highest BCUT2D eigenvalue weighted by Gasteiger charge is 2.05. The third-order valence-corrected chi connectivity index (χ3v) is 2.49. The first-order chi connectivity index (χ1) is 7.00. The maximum atomic E-state index is 5.83. The summed E-state index contributed by atoms with van der Waals surface area (Å²) in [5.41, 5.74) is 8.32. The molecule has 2 heteroatoms. The van der Waals surface area contributed by atoms with Crippen molar-refractivity contribution >= 4 is 5.84 Å². The Bertz CT molecular complexity index is 336. The first-order valence-electron chi connectivity index (χ1n) is 5.40. The fourth-order valence-corrected chi connectivity index (χ4v) is 1.29. The molecule has 82 valence electrons. The predicted molar refractivity (Wildman–Crippen MR) is 66.1 cm³/mol. The molecule has 1 aromatic carbocycles. The van der Waals surface area contributed by atoms with E-state index in [0.717, 1.165) is 5.84 Å². The summed E-state index contributed by atoms with van der Waals surface area (Å²) < 4.78 is 0. The van der Waals surface area contributed by atoms with Crippen molar-refractivity contribution in [3.63, 3.8) is 0 Å². The molecule has 0 amide bonds. The fraction of sp³-hybridized carbons (Fsp3) is 0.462. The van der Waals surface area contributed by atoms with Crippen molar-refractivity contribution in [2.24, 2.45) is 16.6 Å². The number of nitrogens with two attached hydrogens (primary N) is 1. The third kappa shape index (κ3) is 3.39. The largest absolute Gasteiger partial charge is 0.387 e. The van der Waals surface area contributed by atoms with E-state index in [0.29, 0.717) is 5.92 Å². The summed E-state index contributed by atoms with van der Waals surface area (Å²) in [5.74, 6) is 1.04. The van der Waals surface area contributed by atoms with Crippen molar-refractivity contribution in [2.45, 2.75) is 33.7 Å². The Balaban J connectivity index is 2.81. The molecule has 0 aliphatic carbocycles. The molecule has 1 rings (SSSR count). The SMILES string of the molecule is Cc1ccc(C(C)N=C(N)C(C)C)cc1. The van der Waals surface area contributed by atoms with E-state index in [2.05, 4.69) is 57.0 Å². The number of rotatable bonds is 3. The Morgan fingerprint density at radius 1 is 1.13 bits per heavy atom. The molecule has 2 nitrogen and oxygen atoms in total. The monoisotopic (exact) mass is 204 g/mol. The molecule has 1 atom stereocenters. The highest BCUT2D eigenvalue weighted by atomic mass is 14.9. The van der Waals surface area contributed by atoms with Gasteiger partial charge in [-0.15, -0.1) is 0 Å². The zero-order valence-electron chi connectivity index (χ0n) is 9.99. The summed E-state index contributed by atoms with van der Waals surface area (Å²) in [6.45, 7) is 8.27. The number of benzene rings is 1. The number of amidine groups is 1. The van der Waals surface area contributed by atoms with Crippen LogP contribution in [0.25, 0.3) is 0 Å². The molecule has 1 unspecified atom stereocenters. The molecular weight excluding hydrogens is 184 g/mol. The minimum Gasteiger partial charge on any atom is -0.387 e. The van der Waals surface area contributed by atoms with Crippen molar-refractivity contribution in [1.82, 2.24) is 0 Å². The van der Waals surface area contributed by atoms with E-state index in [1.807, 2.05) is 0 Å². The Morgan fingerprint density at radius 3 is 2.13 bits per heavy atom. The lowest BCUT2D eigenvalue weighted by atomic mass is 10.1. The van der Waals surface area contributed by atoms with E-state index in [1.165, 1.54) is 11.1 Å². The Kier molecular flexibility index (Phi) is 3.89. The van der Waals surface area contributed by atoms with Crippen LogP contribution in [0.2, 0.25) is 0 Å². The predicted octanol–water partition coefficient (Wildman–Crippen LogP) is 3.07. The number of hydrogen-bond donors (Lipinski definition) is 1. The minimum absolute atomic E-state index is 0.146. The van der Waals surface area contributed by atoms with Crippen LogP contribution in [0.3, 0.4) is 0 Å². The zero-order chi connectivity index (χ0) is 11.4. The first kappa shape index (κ1) is 11.8. The summed E-state index contributed by atoms with van der Waals surface area (Å²) in [7, 11) is 0. The highest BCUT2D eigenvalue weighted by Crippen LogP contribution is 2.17. The molecule has 2 N–H and O–H groups in total. The standard InChI is InChI=1S/C13H20N2/c1-9(2)13(14)15-11(4)12-7-5-10(3)6-8-12/h5-9,11H,1-4H3,(H2,14,15). The van der Waals surface area contributed by atoms with Gasteiger partial charge in [0.2, 0.25) is 0 Å². The average molecular weight is 204 g/mol. The molecule has 0 aromatic heterocycles. The van der Waals surface area contributed by atoms with Gasteiger partial charge < -0.3 is 5.73 Å². The van der Waals surface area contributed by atoms with Gasteiger partial charge in [0.25, 0.3) is 0 Å². The lowest BCUT2D eigenvalue weighted by Gasteiger charge is -2.10. The maximum absolute atomic E-state index is 5.83. The molecule has 0 aliphatic rings. The van der Waals surface area contributed by atoms with Crippen LogP contribution in [0.15, 0.2) is 29.3 Å². The average Bonchev–Trinajstić information content (AvgIpc) is 2.18. The molecule has 15 heavy (non-hydrogen) atoms. The molecule has 1 aromatic rings. The molecule has 0 spiro atoms. The number of hydrogen-bond acceptors (Lipinski definition) is 1. The fourth-order valence-electron chi connectivity index (χ4n) is 1.29. The van der Waals surface area contributed by atoms with Gasteiger partial charge in [0.1, 0.15) is 0 Å². The smallest absolute Gasteiger partial charge is 0.0970 e. The van der Waals surface area contributed by atoms with E-state index in [1.54, 1.807) is 0 Å². The van der Waals surface area contributed by atoms with Gasteiger partial charge in [-0.1, -0.05) is 43.7 Å². The molecule has 0 radical (unpaired) electrons. The number of aliphatic imine (C=N–C) groups is 1. The Morgan fingerprint density at radius 2 is 1.67 bits per heavy atom. The van der Waals surface area contributed by atoms with Gasteiger partial charge in [0.05, 0.1) is 11.9 Å². The summed E-state index contributed by atoms with van der Waals surface area (Å²) in [5, 5.41) is 0. The van der Waals surface area contributed by atoms with E-state index in [9.17, 15) is 0 Å². The first-order valence-corrected chi connectivity index (χ1v) is 5.40. The summed E-state index contributed by atoms with van der Waals surface area (Å²) in [6.07, 6.45) is 0. The molecule has 0 heterocycles. The molecular formula is C13H20N2. The summed E-state index contributed by atoms with van der Waals surface area (Å²) >= 11 is 0. The van der Waals surface area contributed by atoms with Crippen LogP contribution in [0.5, 0.6) is 0 Å². The van der Waals surface area contributed by atoms with E-state index in [4.69, 9.17) is 5.73 Å². The maximum Gasteiger partial charge on any atom is 0.0970 e. The highest BCUT2D eigenvalue weighted by molar-refractivity contribution is 5.82. The lowest BCUT2D eigenvalue weighted by molar-refractivity contribution is 0.779. The third-order valence-electron chi connectivity index (χ3n) is 2.49. The van der Waals surface area contributed by atoms with Crippen LogP contribution in [0.4, 0.5) is 0 Å². The zero-order valence-corrected chi connectivity index (χ0v) is 9.99. The number of nitrogens with zero attached hydrogens (tertiary/aromatic N) is 1. The quantitative estimate of drug-likeness (QED) is 0.596. The van der Waals surface area contributed by atoms with Crippen LogP contribution in [-0.2, 0) is 0 Å². The van der Waals surface area contributed by atoms with Gasteiger partial charge in [-0.25, -0.2) is 0 Å². The van der Waals surface area contributed by atoms with Gasteiger partial charge >= 0.3 is 0 Å². The second-order valence-corrected chi connectivity index (χ2v) is 4.30. The van der Waals surface area contributed by atoms with Crippen LogP contribution in [-0.4, -0.2) is 5.84 Å². The molecule has 0 bridgehead atoms. The van der Waals surface area contributed by atoms with Crippen LogP contribution >= 0.6 is 0 Å². The van der Waals surface area contributed by atoms with Crippen molar-refractivity contribution in [1.29, 1.82) is 0 Å². The van der Waals surface area contributed by atoms with Crippen molar-refractivity contribution in [2.75, 3.05) is 0 Å². The number of aryl methyl sites for hydroxylation is 1. The van der Waals surface area contributed by atoms with E-state index < -0.39 is 0 Å². The molecule has 0 fully saturated rings. The Hall–Kier alpha value is -1.31. The molecule has 0 saturated heterocycles. The van der Waals surface area contributed by atoms with E-state index in [-0.39, 0.29) is 6.04 Å². The van der Waals surface area contributed by atoms with Gasteiger partial charge in [0.15, 0.2) is 0 Å². The van der Waals surface area contributed by atoms with Crippen LogP contribution in [0, 0.1) is 12.8 Å². The second-order valence-electron chi connectivity index (χ2n) is 4.30. The van der Waals surface area contributed by atoms with Crippen molar-refractivity contribution in [3.05, 3.63) is 35.4 Å².